The SMILES string of the molecule is CC(C)n1c(=O)sc2cc(NC(=O)[C@@H]3CCCN(Cc4ccccc4Cl)C3)ccc21. The van der Waals surface area contributed by atoms with Crippen LogP contribution in [0.3, 0.4) is 0 Å². The van der Waals surface area contributed by atoms with E-state index in [0.717, 1.165) is 59.0 Å². The number of carbonyl (C=O) groups excluding carboxylic acids is 1. The summed E-state index contributed by atoms with van der Waals surface area (Å²) in [6, 6.07) is 13.7. The second-order valence-corrected chi connectivity index (χ2v) is 9.57. The molecule has 1 saturated heterocycles. The second-order valence-electron chi connectivity index (χ2n) is 8.17. The Morgan fingerprint density at radius 3 is 2.83 bits per heavy atom. The van der Waals surface area contributed by atoms with Gasteiger partial charge in [0.2, 0.25) is 5.91 Å². The molecule has 7 heteroatoms. The van der Waals surface area contributed by atoms with Crippen molar-refractivity contribution in [2.75, 3.05) is 18.4 Å². The van der Waals surface area contributed by atoms with Crippen molar-refractivity contribution in [3.63, 3.8) is 0 Å². The Bertz CT molecular complexity index is 1120. The molecule has 0 unspecified atom stereocenters. The van der Waals surface area contributed by atoms with Gasteiger partial charge in [0.15, 0.2) is 0 Å². The summed E-state index contributed by atoms with van der Waals surface area (Å²) in [5.41, 5.74) is 2.75. The summed E-state index contributed by atoms with van der Waals surface area (Å²) in [5.74, 6) is -0.0233. The Hall–Kier alpha value is -2.15. The molecule has 0 bridgehead atoms. The van der Waals surface area contributed by atoms with Crippen LogP contribution in [-0.2, 0) is 11.3 Å². The minimum absolute atomic E-state index is 0.0333. The smallest absolute Gasteiger partial charge is 0.308 e. The molecule has 0 saturated carbocycles. The molecule has 30 heavy (non-hydrogen) atoms. The van der Waals surface area contributed by atoms with Crippen LogP contribution in [-0.4, -0.2) is 28.5 Å². The number of carbonyl (C=O) groups is 1. The highest BCUT2D eigenvalue weighted by atomic mass is 35.5. The lowest BCUT2D eigenvalue weighted by Crippen LogP contribution is -2.40. The number of likely N-dealkylation sites (tertiary alicyclic amines) is 1. The molecule has 0 radical (unpaired) electrons. The zero-order chi connectivity index (χ0) is 21.3. The molecule has 1 amide bonds. The van der Waals surface area contributed by atoms with Gasteiger partial charge in [-0.2, -0.15) is 0 Å². The van der Waals surface area contributed by atoms with E-state index in [9.17, 15) is 9.59 Å². The Morgan fingerprint density at radius 1 is 1.27 bits per heavy atom. The molecule has 1 atom stereocenters. The van der Waals surface area contributed by atoms with Crippen LogP contribution in [0.15, 0.2) is 47.3 Å². The molecular formula is C23H26ClN3O2S. The minimum atomic E-state index is -0.0593. The number of rotatable bonds is 5. The molecule has 1 aliphatic rings. The van der Waals surface area contributed by atoms with Gasteiger partial charge in [-0.3, -0.25) is 19.1 Å². The fourth-order valence-electron chi connectivity index (χ4n) is 4.13. The van der Waals surface area contributed by atoms with Crippen molar-refractivity contribution in [1.29, 1.82) is 0 Å². The number of fused-ring (bicyclic) bond motifs is 1. The van der Waals surface area contributed by atoms with Crippen LogP contribution in [0.5, 0.6) is 0 Å². The normalized spacial score (nSPS) is 17.5. The molecule has 0 aliphatic carbocycles. The lowest BCUT2D eigenvalue weighted by atomic mass is 9.96. The standard InChI is InChI=1S/C23H26ClN3O2S/c1-15(2)27-20-10-9-18(12-21(20)30-23(27)29)25-22(28)17-7-5-11-26(14-17)13-16-6-3-4-8-19(16)24/h3-4,6,8-10,12,15,17H,5,7,11,13-14H2,1-2H3,(H,25,28)/t17-/m1/s1. The third-order valence-corrected chi connectivity index (χ3v) is 6.91. The lowest BCUT2D eigenvalue weighted by molar-refractivity contribution is -0.121. The van der Waals surface area contributed by atoms with Gasteiger partial charge < -0.3 is 5.32 Å². The van der Waals surface area contributed by atoms with Crippen LogP contribution in [0.25, 0.3) is 10.2 Å². The molecule has 1 aliphatic heterocycles. The maximum atomic E-state index is 12.9. The quantitative estimate of drug-likeness (QED) is 0.593. The molecule has 0 spiro atoms. The monoisotopic (exact) mass is 443 g/mol. The molecule has 158 valence electrons. The summed E-state index contributed by atoms with van der Waals surface area (Å²) in [5, 5.41) is 3.83. The molecular weight excluding hydrogens is 418 g/mol. The molecule has 2 aromatic carbocycles. The Kier molecular flexibility index (Phi) is 6.27. The molecule has 5 nitrogen and oxygen atoms in total. The van der Waals surface area contributed by atoms with E-state index in [1.165, 1.54) is 11.3 Å². The predicted octanol–water partition coefficient (Wildman–Crippen LogP) is 5.15. The average Bonchev–Trinajstić information content (AvgIpc) is 3.05. The highest BCUT2D eigenvalue weighted by Gasteiger charge is 2.26. The number of nitrogens with one attached hydrogen (secondary N) is 1. The summed E-state index contributed by atoms with van der Waals surface area (Å²) >= 11 is 7.52. The van der Waals surface area contributed by atoms with Crippen LogP contribution >= 0.6 is 22.9 Å². The minimum Gasteiger partial charge on any atom is -0.326 e. The summed E-state index contributed by atoms with van der Waals surface area (Å²) < 4.78 is 2.69. The van der Waals surface area contributed by atoms with Crippen LogP contribution < -0.4 is 10.2 Å². The van der Waals surface area contributed by atoms with Crippen LogP contribution in [0.1, 0.15) is 38.3 Å². The van der Waals surface area contributed by atoms with Crippen molar-refractivity contribution in [1.82, 2.24) is 9.47 Å². The van der Waals surface area contributed by atoms with Gasteiger partial charge in [-0.25, -0.2) is 0 Å². The Labute approximate surface area is 185 Å². The van der Waals surface area contributed by atoms with E-state index in [4.69, 9.17) is 11.6 Å². The van der Waals surface area contributed by atoms with Gasteiger partial charge in [0, 0.05) is 29.8 Å². The molecule has 1 fully saturated rings. The number of nitrogens with zero attached hydrogens (tertiary/aromatic N) is 2. The highest BCUT2D eigenvalue weighted by molar-refractivity contribution is 7.16. The van der Waals surface area contributed by atoms with Crippen LogP contribution in [0.4, 0.5) is 5.69 Å². The first-order valence-corrected chi connectivity index (χ1v) is 11.5. The number of anilines is 1. The van der Waals surface area contributed by atoms with Gasteiger partial charge in [-0.05, 0) is 63.1 Å². The maximum Gasteiger partial charge on any atom is 0.308 e. The summed E-state index contributed by atoms with van der Waals surface area (Å²) in [6.45, 7) is 6.45. The maximum absolute atomic E-state index is 12.9. The van der Waals surface area contributed by atoms with E-state index in [2.05, 4.69) is 10.2 Å². The van der Waals surface area contributed by atoms with Gasteiger partial charge in [0.1, 0.15) is 0 Å². The zero-order valence-electron chi connectivity index (χ0n) is 17.2. The van der Waals surface area contributed by atoms with Crippen molar-refractivity contribution in [2.24, 2.45) is 5.92 Å². The first-order valence-electron chi connectivity index (χ1n) is 10.3. The average molecular weight is 444 g/mol. The topological polar surface area (TPSA) is 54.3 Å². The number of benzene rings is 2. The van der Waals surface area contributed by atoms with E-state index < -0.39 is 0 Å². The van der Waals surface area contributed by atoms with Crippen LogP contribution in [0, 0.1) is 5.92 Å². The fourth-order valence-corrected chi connectivity index (χ4v) is 5.38. The van der Waals surface area contributed by atoms with E-state index >= 15 is 0 Å². The van der Waals surface area contributed by atoms with Crippen molar-refractivity contribution in [2.45, 2.75) is 39.3 Å². The Morgan fingerprint density at radius 2 is 2.07 bits per heavy atom. The van der Waals surface area contributed by atoms with Gasteiger partial charge >= 0.3 is 4.87 Å². The zero-order valence-corrected chi connectivity index (χ0v) is 18.8. The van der Waals surface area contributed by atoms with Crippen molar-refractivity contribution < 1.29 is 4.79 Å². The first-order chi connectivity index (χ1) is 14.4. The van der Waals surface area contributed by atoms with E-state index in [1.807, 2.05) is 56.3 Å². The molecule has 1 N–H and O–H groups in total. The number of piperidine rings is 1. The van der Waals surface area contributed by atoms with Crippen molar-refractivity contribution in [3.05, 3.63) is 62.7 Å². The third-order valence-electron chi connectivity index (χ3n) is 5.63. The van der Waals surface area contributed by atoms with Gasteiger partial charge in [0.25, 0.3) is 0 Å². The molecule has 1 aromatic heterocycles. The summed E-state index contributed by atoms with van der Waals surface area (Å²) in [6.07, 6.45) is 1.87. The van der Waals surface area contributed by atoms with Gasteiger partial charge in [-0.1, -0.05) is 41.1 Å². The van der Waals surface area contributed by atoms with Gasteiger partial charge in [0.05, 0.1) is 16.1 Å². The summed E-state index contributed by atoms with van der Waals surface area (Å²) in [7, 11) is 0. The lowest BCUT2D eigenvalue weighted by Gasteiger charge is -2.32. The second kappa shape index (κ2) is 8.92. The third kappa shape index (κ3) is 4.46. The van der Waals surface area contributed by atoms with E-state index in [-0.39, 0.29) is 22.7 Å². The predicted molar refractivity (Wildman–Crippen MR) is 125 cm³/mol. The van der Waals surface area contributed by atoms with E-state index in [0.29, 0.717) is 0 Å². The number of aromatic nitrogens is 1. The molecule has 3 aromatic rings. The number of thiazole rings is 1. The number of halogens is 1. The van der Waals surface area contributed by atoms with Gasteiger partial charge in [-0.15, -0.1) is 0 Å². The largest absolute Gasteiger partial charge is 0.326 e. The highest BCUT2D eigenvalue weighted by Crippen LogP contribution is 2.26. The van der Waals surface area contributed by atoms with Crippen molar-refractivity contribution in [3.8, 4) is 0 Å². The fraction of sp³-hybridized carbons (Fsp3) is 0.391. The first kappa shape index (κ1) is 21.1. The van der Waals surface area contributed by atoms with Crippen molar-refractivity contribution >= 4 is 44.7 Å². The Balaban J connectivity index is 1.44. The van der Waals surface area contributed by atoms with E-state index in [1.54, 1.807) is 4.57 Å². The summed E-state index contributed by atoms with van der Waals surface area (Å²) in [4.78, 5) is 27.5. The number of hydrogen-bond donors (Lipinski definition) is 1. The number of hydrogen-bond acceptors (Lipinski definition) is 4. The number of amides is 1. The van der Waals surface area contributed by atoms with Crippen LogP contribution in [0.2, 0.25) is 5.02 Å². The molecule has 4 rings (SSSR count). The molecule has 2 heterocycles.